The summed E-state index contributed by atoms with van der Waals surface area (Å²) in [4.78, 5) is 0. The molecule has 1 rings (SSSR count). The first-order chi connectivity index (χ1) is 6.33. The van der Waals surface area contributed by atoms with Crippen LogP contribution in [-0.4, -0.2) is 8.07 Å². The van der Waals surface area contributed by atoms with Crippen molar-refractivity contribution >= 4 is 8.07 Å². The molecule has 1 heteroatoms. The molecule has 0 unspecified atom stereocenters. The van der Waals surface area contributed by atoms with Crippen molar-refractivity contribution in [1.29, 1.82) is 0 Å². The topological polar surface area (TPSA) is 0 Å². The Bertz CT molecular complexity index is 169. The zero-order chi connectivity index (χ0) is 9.57. The van der Waals surface area contributed by atoms with Crippen LogP contribution in [0, 0.1) is 0 Å². The molecular weight excluding hydrogens is 172 g/mol. The van der Waals surface area contributed by atoms with Crippen LogP contribution in [0.5, 0.6) is 0 Å². The Morgan fingerprint density at radius 1 is 0.923 bits per heavy atom. The minimum absolute atomic E-state index is 0.848. The Balaban J connectivity index is 2.52. The lowest BCUT2D eigenvalue weighted by molar-refractivity contribution is 0.935. The van der Waals surface area contributed by atoms with Gasteiger partial charge in [0, 0.05) is 0 Å². The molecule has 0 bridgehead atoms. The van der Waals surface area contributed by atoms with Gasteiger partial charge in [0.1, 0.15) is 0 Å². The van der Waals surface area contributed by atoms with E-state index in [1.807, 2.05) is 0 Å². The third-order valence-electron chi connectivity index (χ3n) is 3.24. The predicted molar refractivity (Wildman–Crippen MR) is 63.8 cm³/mol. The fourth-order valence-electron chi connectivity index (χ4n) is 2.35. The third-order valence-corrected chi connectivity index (χ3v) is 8.27. The van der Waals surface area contributed by atoms with Crippen LogP contribution in [0.4, 0.5) is 0 Å². The maximum Gasteiger partial charge on any atom is 0.0610 e. The molecular formula is C12H22Si. The van der Waals surface area contributed by atoms with E-state index in [-0.39, 0.29) is 0 Å². The van der Waals surface area contributed by atoms with Crippen molar-refractivity contribution in [3.05, 3.63) is 24.3 Å². The molecule has 1 saturated heterocycles. The summed E-state index contributed by atoms with van der Waals surface area (Å²) in [5.41, 5.74) is 0. The summed E-state index contributed by atoms with van der Waals surface area (Å²) in [5.74, 6) is 0. The zero-order valence-electron chi connectivity index (χ0n) is 9.05. The Hall–Kier alpha value is -0.303. The second-order valence-electron chi connectivity index (χ2n) is 4.25. The minimum atomic E-state index is -0.848. The third kappa shape index (κ3) is 3.15. The van der Waals surface area contributed by atoms with Gasteiger partial charge < -0.3 is 0 Å². The van der Waals surface area contributed by atoms with Gasteiger partial charge in [-0.2, -0.15) is 0 Å². The van der Waals surface area contributed by atoms with Crippen LogP contribution in [-0.2, 0) is 0 Å². The molecule has 1 fully saturated rings. The molecule has 0 aromatic heterocycles. The summed E-state index contributed by atoms with van der Waals surface area (Å²) in [7, 11) is -0.848. The fourth-order valence-corrected chi connectivity index (χ4v) is 7.06. The average Bonchev–Trinajstić information content (AvgIpc) is 2.61. The molecule has 0 aromatic carbocycles. The van der Waals surface area contributed by atoms with Crippen molar-refractivity contribution in [3.63, 3.8) is 0 Å². The lowest BCUT2D eigenvalue weighted by Crippen LogP contribution is -2.27. The molecule has 0 nitrogen and oxygen atoms in total. The molecule has 0 saturated carbocycles. The fraction of sp³-hybridized carbons (Fsp3) is 0.667. The van der Waals surface area contributed by atoms with Crippen molar-refractivity contribution in [1.82, 2.24) is 0 Å². The first-order valence-electron chi connectivity index (χ1n) is 5.55. The molecule has 0 spiro atoms. The van der Waals surface area contributed by atoms with Gasteiger partial charge in [-0.15, -0.1) is 0 Å². The first-order valence-corrected chi connectivity index (χ1v) is 8.38. The Morgan fingerprint density at radius 3 is 1.77 bits per heavy atom. The van der Waals surface area contributed by atoms with E-state index in [0.29, 0.717) is 0 Å². The molecule has 13 heavy (non-hydrogen) atoms. The van der Waals surface area contributed by atoms with Crippen LogP contribution in [0.2, 0.25) is 24.2 Å². The highest BCUT2D eigenvalue weighted by Gasteiger charge is 2.33. The van der Waals surface area contributed by atoms with Crippen LogP contribution in [0.3, 0.4) is 0 Å². The van der Waals surface area contributed by atoms with Crippen LogP contribution in [0.25, 0.3) is 0 Å². The molecule has 0 atom stereocenters. The number of hydrogen-bond donors (Lipinski definition) is 0. The van der Waals surface area contributed by atoms with E-state index in [9.17, 15) is 0 Å². The molecule has 0 aliphatic carbocycles. The zero-order valence-corrected chi connectivity index (χ0v) is 10.1. The monoisotopic (exact) mass is 194 g/mol. The highest BCUT2D eigenvalue weighted by Crippen LogP contribution is 2.37. The van der Waals surface area contributed by atoms with Crippen molar-refractivity contribution in [2.75, 3.05) is 0 Å². The molecule has 1 heterocycles. The van der Waals surface area contributed by atoms with Gasteiger partial charge in [-0.1, -0.05) is 49.2 Å². The molecule has 1 aliphatic heterocycles. The highest BCUT2D eigenvalue weighted by molar-refractivity contribution is 6.81. The highest BCUT2D eigenvalue weighted by atomic mass is 28.3. The number of rotatable bonds is 4. The second kappa shape index (κ2) is 5.43. The van der Waals surface area contributed by atoms with E-state index in [1.54, 1.807) is 12.1 Å². The molecule has 0 radical (unpaired) electrons. The molecule has 1 aliphatic rings. The summed E-state index contributed by atoms with van der Waals surface area (Å²) < 4.78 is 0. The summed E-state index contributed by atoms with van der Waals surface area (Å²) >= 11 is 0. The molecule has 0 N–H and O–H groups in total. The van der Waals surface area contributed by atoms with E-state index >= 15 is 0 Å². The number of allylic oxidation sites excluding steroid dienone is 4. The van der Waals surface area contributed by atoms with Gasteiger partial charge in [-0.3, -0.25) is 0 Å². The minimum Gasteiger partial charge on any atom is -0.0919 e. The first kappa shape index (κ1) is 10.8. The van der Waals surface area contributed by atoms with Crippen molar-refractivity contribution in [2.45, 2.75) is 50.9 Å². The molecule has 0 aromatic rings. The van der Waals surface area contributed by atoms with Gasteiger partial charge >= 0.3 is 0 Å². The maximum atomic E-state index is 2.40. The number of hydrogen-bond acceptors (Lipinski definition) is 0. The Morgan fingerprint density at radius 2 is 1.38 bits per heavy atom. The van der Waals surface area contributed by atoms with E-state index in [1.165, 1.54) is 24.9 Å². The van der Waals surface area contributed by atoms with Gasteiger partial charge in [0.2, 0.25) is 0 Å². The smallest absolute Gasteiger partial charge is 0.0610 e. The van der Waals surface area contributed by atoms with Crippen LogP contribution in [0.15, 0.2) is 24.3 Å². The summed E-state index contributed by atoms with van der Waals surface area (Å²) in [6.45, 7) is 4.29. The van der Waals surface area contributed by atoms with E-state index in [4.69, 9.17) is 0 Å². The summed E-state index contributed by atoms with van der Waals surface area (Å²) in [6.07, 6.45) is 12.3. The Kier molecular flexibility index (Phi) is 4.50. The van der Waals surface area contributed by atoms with E-state index < -0.39 is 8.07 Å². The lowest BCUT2D eigenvalue weighted by Gasteiger charge is -2.23. The van der Waals surface area contributed by atoms with Crippen LogP contribution >= 0.6 is 0 Å². The van der Waals surface area contributed by atoms with E-state index in [2.05, 4.69) is 38.2 Å². The largest absolute Gasteiger partial charge is 0.0919 e. The average molecular weight is 194 g/mol. The van der Waals surface area contributed by atoms with Crippen LogP contribution in [0.1, 0.15) is 26.7 Å². The SMILES string of the molecule is C/C=C\C[Si]1(C/C=C/C)CCCC1. The van der Waals surface area contributed by atoms with Gasteiger partial charge in [0.05, 0.1) is 8.07 Å². The summed E-state index contributed by atoms with van der Waals surface area (Å²) in [6, 6.07) is 5.99. The van der Waals surface area contributed by atoms with Crippen LogP contribution < -0.4 is 0 Å². The van der Waals surface area contributed by atoms with Gasteiger partial charge in [0.15, 0.2) is 0 Å². The van der Waals surface area contributed by atoms with E-state index in [0.717, 1.165) is 0 Å². The van der Waals surface area contributed by atoms with Gasteiger partial charge in [-0.05, 0) is 25.9 Å². The van der Waals surface area contributed by atoms with Crippen molar-refractivity contribution < 1.29 is 0 Å². The summed E-state index contributed by atoms with van der Waals surface area (Å²) in [5, 5.41) is 0. The standard InChI is InChI=1S/C12H22Si/c1-3-5-9-13(10-6-4-2)11-7-8-12-13/h3-6H,7-12H2,1-2H3/b5-3-,6-4+. The molecule has 0 amide bonds. The lowest BCUT2D eigenvalue weighted by atomic mass is 10.4. The van der Waals surface area contributed by atoms with Crippen molar-refractivity contribution in [3.8, 4) is 0 Å². The second-order valence-corrected chi connectivity index (χ2v) is 9.07. The Labute approximate surface area is 83.7 Å². The van der Waals surface area contributed by atoms with Gasteiger partial charge in [0.25, 0.3) is 0 Å². The molecule has 74 valence electrons. The maximum absolute atomic E-state index is 2.40. The predicted octanol–water partition coefficient (Wildman–Crippen LogP) is 4.38. The normalized spacial score (nSPS) is 22.0. The van der Waals surface area contributed by atoms with Crippen molar-refractivity contribution in [2.24, 2.45) is 0 Å². The van der Waals surface area contributed by atoms with Gasteiger partial charge in [-0.25, -0.2) is 0 Å². The quantitative estimate of drug-likeness (QED) is 0.460.